The molecule has 4 nitrogen and oxygen atoms in total. The second-order valence-corrected chi connectivity index (χ2v) is 5.91. The molecule has 0 aromatic heterocycles. The Labute approximate surface area is 129 Å². The van der Waals surface area contributed by atoms with Crippen LogP contribution in [-0.4, -0.2) is 55.4 Å². The van der Waals surface area contributed by atoms with Gasteiger partial charge >= 0.3 is 0 Å². The number of aliphatic hydroxyl groups is 1. The van der Waals surface area contributed by atoms with E-state index < -0.39 is 6.10 Å². The molecule has 2 N–H and O–H groups in total. The molecule has 0 aliphatic carbocycles. The van der Waals surface area contributed by atoms with E-state index in [9.17, 15) is 5.11 Å². The van der Waals surface area contributed by atoms with Crippen molar-refractivity contribution in [2.45, 2.75) is 39.3 Å². The molecular weight excluding hydrogens is 264 g/mol. The van der Waals surface area contributed by atoms with Gasteiger partial charge in [0.05, 0.1) is 0 Å². The van der Waals surface area contributed by atoms with E-state index >= 15 is 0 Å². The minimum Gasteiger partial charge on any atom is -0.491 e. The van der Waals surface area contributed by atoms with Gasteiger partial charge in [0.1, 0.15) is 18.5 Å². The molecule has 0 heterocycles. The number of hydrogen-bond donors (Lipinski definition) is 2. The molecule has 0 amide bonds. The summed E-state index contributed by atoms with van der Waals surface area (Å²) < 4.78 is 5.55. The van der Waals surface area contributed by atoms with Crippen molar-refractivity contribution >= 4 is 0 Å². The molecule has 4 heteroatoms. The summed E-state index contributed by atoms with van der Waals surface area (Å²) in [5.74, 6) is 0.804. The van der Waals surface area contributed by atoms with Crippen LogP contribution in [0.1, 0.15) is 25.8 Å². The Hall–Kier alpha value is -1.10. The summed E-state index contributed by atoms with van der Waals surface area (Å²) in [6.07, 6.45) is 0.606. The lowest BCUT2D eigenvalue weighted by molar-refractivity contribution is 0.106. The Bertz CT molecular complexity index is 379. The molecule has 0 saturated carbocycles. The molecule has 120 valence electrons. The van der Waals surface area contributed by atoms with E-state index in [0.29, 0.717) is 19.2 Å². The number of hydrogen-bond acceptors (Lipinski definition) is 4. The molecule has 1 aromatic carbocycles. The Morgan fingerprint density at radius 3 is 2.52 bits per heavy atom. The molecule has 0 saturated heterocycles. The van der Waals surface area contributed by atoms with Crippen molar-refractivity contribution in [3.63, 3.8) is 0 Å². The van der Waals surface area contributed by atoms with Crippen molar-refractivity contribution in [3.8, 4) is 5.75 Å². The van der Waals surface area contributed by atoms with Crippen molar-refractivity contribution in [1.29, 1.82) is 0 Å². The lowest BCUT2D eigenvalue weighted by Gasteiger charge is -2.21. The maximum atomic E-state index is 9.86. The first-order valence-electron chi connectivity index (χ1n) is 7.77. The summed E-state index contributed by atoms with van der Waals surface area (Å²) in [7, 11) is 2.13. The lowest BCUT2D eigenvalue weighted by atomic mass is 10.2. The summed E-state index contributed by atoms with van der Waals surface area (Å²) in [6, 6.07) is 8.45. The Morgan fingerprint density at radius 1 is 1.24 bits per heavy atom. The lowest BCUT2D eigenvalue weighted by Crippen LogP contribution is -2.34. The van der Waals surface area contributed by atoms with E-state index in [1.165, 1.54) is 5.56 Å². The van der Waals surface area contributed by atoms with Gasteiger partial charge in [0, 0.05) is 12.6 Å². The van der Waals surface area contributed by atoms with Crippen molar-refractivity contribution in [3.05, 3.63) is 29.8 Å². The molecule has 0 aliphatic rings. The van der Waals surface area contributed by atoms with Crippen LogP contribution in [0.4, 0.5) is 0 Å². The number of aryl methyl sites for hydroxylation is 1. The molecule has 0 fully saturated rings. The molecule has 0 bridgehead atoms. The largest absolute Gasteiger partial charge is 0.491 e. The van der Waals surface area contributed by atoms with Crippen LogP contribution in [0.2, 0.25) is 0 Å². The molecule has 21 heavy (non-hydrogen) atoms. The summed E-state index contributed by atoms with van der Waals surface area (Å²) in [4.78, 5) is 2.32. The van der Waals surface area contributed by atoms with E-state index in [4.69, 9.17) is 4.74 Å². The van der Waals surface area contributed by atoms with Crippen LogP contribution in [0, 0.1) is 6.92 Å². The van der Waals surface area contributed by atoms with Gasteiger partial charge in [-0.15, -0.1) is 0 Å². The van der Waals surface area contributed by atoms with Crippen LogP contribution in [0.5, 0.6) is 5.75 Å². The quantitative estimate of drug-likeness (QED) is 0.648. The van der Waals surface area contributed by atoms with Crippen LogP contribution in [-0.2, 0) is 0 Å². The van der Waals surface area contributed by atoms with Crippen LogP contribution >= 0.6 is 0 Å². The average molecular weight is 294 g/mol. The van der Waals surface area contributed by atoms with Gasteiger partial charge in [0.15, 0.2) is 0 Å². The average Bonchev–Trinajstić information content (AvgIpc) is 2.46. The molecule has 0 radical (unpaired) electrons. The van der Waals surface area contributed by atoms with E-state index in [-0.39, 0.29) is 0 Å². The zero-order valence-electron chi connectivity index (χ0n) is 13.8. The van der Waals surface area contributed by atoms with Crippen molar-refractivity contribution < 1.29 is 9.84 Å². The molecule has 1 rings (SSSR count). The van der Waals surface area contributed by atoms with Gasteiger partial charge in [-0.25, -0.2) is 0 Å². The topological polar surface area (TPSA) is 44.7 Å². The smallest absolute Gasteiger partial charge is 0.119 e. The van der Waals surface area contributed by atoms with E-state index in [1.54, 1.807) is 0 Å². The first kappa shape index (κ1) is 18.0. The van der Waals surface area contributed by atoms with Gasteiger partial charge in [-0.05, 0) is 59.5 Å². The highest BCUT2D eigenvalue weighted by Crippen LogP contribution is 2.11. The summed E-state index contributed by atoms with van der Waals surface area (Å²) in [5.41, 5.74) is 1.20. The first-order valence-corrected chi connectivity index (χ1v) is 7.77. The van der Waals surface area contributed by atoms with E-state index in [1.807, 2.05) is 31.2 Å². The molecular formula is C17H30N2O2. The zero-order valence-corrected chi connectivity index (χ0v) is 13.8. The standard InChI is InChI=1S/C17H30N2O2/c1-14(2)19(4)11-5-10-18-12-16(20)13-21-17-8-6-15(3)7-9-17/h6-9,14,16,18,20H,5,10-13H2,1-4H3. The second kappa shape index (κ2) is 9.77. The molecule has 0 spiro atoms. The van der Waals surface area contributed by atoms with E-state index in [0.717, 1.165) is 25.3 Å². The first-order chi connectivity index (χ1) is 9.99. The maximum Gasteiger partial charge on any atom is 0.119 e. The van der Waals surface area contributed by atoms with Crippen molar-refractivity contribution in [2.75, 3.05) is 33.3 Å². The number of nitrogens with one attached hydrogen (secondary N) is 1. The fraction of sp³-hybridized carbons (Fsp3) is 0.647. The molecule has 1 unspecified atom stereocenters. The van der Waals surface area contributed by atoms with Crippen LogP contribution in [0.25, 0.3) is 0 Å². The van der Waals surface area contributed by atoms with Gasteiger partial charge in [0.2, 0.25) is 0 Å². The fourth-order valence-corrected chi connectivity index (χ4v) is 1.87. The Kier molecular flexibility index (Phi) is 8.35. The third kappa shape index (κ3) is 8.05. The number of ether oxygens (including phenoxy) is 1. The Morgan fingerprint density at radius 2 is 1.90 bits per heavy atom. The third-order valence-electron chi connectivity index (χ3n) is 3.59. The van der Waals surface area contributed by atoms with Crippen LogP contribution in [0.15, 0.2) is 24.3 Å². The van der Waals surface area contributed by atoms with Gasteiger partial charge in [-0.2, -0.15) is 0 Å². The van der Waals surface area contributed by atoms with Gasteiger partial charge in [-0.3, -0.25) is 0 Å². The summed E-state index contributed by atoms with van der Waals surface area (Å²) >= 11 is 0. The van der Waals surface area contributed by atoms with Crippen molar-refractivity contribution in [1.82, 2.24) is 10.2 Å². The highest BCUT2D eigenvalue weighted by molar-refractivity contribution is 5.26. The second-order valence-electron chi connectivity index (χ2n) is 5.91. The van der Waals surface area contributed by atoms with Crippen molar-refractivity contribution in [2.24, 2.45) is 0 Å². The van der Waals surface area contributed by atoms with Gasteiger partial charge in [-0.1, -0.05) is 17.7 Å². The highest BCUT2D eigenvalue weighted by atomic mass is 16.5. The van der Waals surface area contributed by atoms with E-state index in [2.05, 4.69) is 31.1 Å². The summed E-state index contributed by atoms with van der Waals surface area (Å²) in [5, 5.41) is 13.1. The predicted octanol–water partition coefficient (Wildman–Crippen LogP) is 2.05. The molecule has 1 atom stereocenters. The molecule has 0 aliphatic heterocycles. The summed E-state index contributed by atoms with van der Waals surface area (Å²) in [6.45, 7) is 9.30. The normalized spacial score (nSPS) is 12.9. The molecule has 1 aromatic rings. The SMILES string of the molecule is Cc1ccc(OCC(O)CNCCCN(C)C(C)C)cc1. The number of nitrogens with zero attached hydrogens (tertiary/aromatic N) is 1. The number of aliphatic hydroxyl groups excluding tert-OH is 1. The fourth-order valence-electron chi connectivity index (χ4n) is 1.87. The van der Waals surface area contributed by atoms with Gasteiger partial charge < -0.3 is 20.1 Å². The Balaban J connectivity index is 2.06. The minimum atomic E-state index is -0.478. The van der Waals surface area contributed by atoms with Crippen LogP contribution < -0.4 is 10.1 Å². The monoisotopic (exact) mass is 294 g/mol. The minimum absolute atomic E-state index is 0.321. The zero-order chi connectivity index (χ0) is 15.7. The maximum absolute atomic E-state index is 9.86. The number of benzene rings is 1. The van der Waals surface area contributed by atoms with Crippen LogP contribution in [0.3, 0.4) is 0 Å². The van der Waals surface area contributed by atoms with Gasteiger partial charge in [0.25, 0.3) is 0 Å². The predicted molar refractivity (Wildman–Crippen MR) is 87.9 cm³/mol. The third-order valence-corrected chi connectivity index (χ3v) is 3.59. The number of rotatable bonds is 10. The highest BCUT2D eigenvalue weighted by Gasteiger charge is 2.05.